The van der Waals surface area contributed by atoms with Crippen molar-refractivity contribution >= 4 is 27.6 Å². The lowest BCUT2D eigenvalue weighted by Crippen LogP contribution is -2.40. The summed E-state index contributed by atoms with van der Waals surface area (Å²) in [5.41, 5.74) is 0. The minimum absolute atomic E-state index is 0.0907. The van der Waals surface area contributed by atoms with Gasteiger partial charge in [-0.15, -0.1) is 0 Å². The average molecular weight is 390 g/mol. The largest absolute Gasteiger partial charge is 0.492 e. The van der Waals surface area contributed by atoms with Crippen LogP contribution < -0.4 is 4.74 Å². The maximum atomic E-state index is 13.0. The number of benzene rings is 1. The van der Waals surface area contributed by atoms with E-state index in [0.717, 1.165) is 10.7 Å². The number of hydrogen-bond acceptors (Lipinski definition) is 5. The summed E-state index contributed by atoms with van der Waals surface area (Å²) in [7, 11) is -4.02. The third-order valence-corrected chi connectivity index (χ3v) is 6.64. The van der Waals surface area contributed by atoms with Gasteiger partial charge in [-0.05, 0) is 37.5 Å². The third kappa shape index (κ3) is 3.92. The van der Waals surface area contributed by atoms with Crippen molar-refractivity contribution in [1.82, 2.24) is 4.31 Å². The summed E-state index contributed by atoms with van der Waals surface area (Å²) >= 11 is 5.98. The molecule has 1 unspecified atom stereocenters. The van der Waals surface area contributed by atoms with Crippen LogP contribution in [-0.2, 0) is 19.6 Å². The van der Waals surface area contributed by atoms with Gasteiger partial charge in [0.15, 0.2) is 0 Å². The van der Waals surface area contributed by atoms with Gasteiger partial charge in [0.05, 0.1) is 13.2 Å². The first-order chi connectivity index (χ1) is 11.9. The van der Waals surface area contributed by atoms with Crippen LogP contribution in [0.3, 0.4) is 0 Å². The highest BCUT2D eigenvalue weighted by Crippen LogP contribution is 2.34. The molecule has 0 aromatic heterocycles. The second kappa shape index (κ2) is 7.49. The van der Waals surface area contributed by atoms with Crippen molar-refractivity contribution in [1.29, 1.82) is 0 Å². The lowest BCUT2D eigenvalue weighted by Gasteiger charge is -2.23. The first-order valence-corrected chi connectivity index (χ1v) is 9.96. The topological polar surface area (TPSA) is 93.1 Å². The van der Waals surface area contributed by atoms with Crippen LogP contribution in [0.25, 0.3) is 0 Å². The van der Waals surface area contributed by atoms with Gasteiger partial charge in [0.25, 0.3) is 0 Å². The van der Waals surface area contributed by atoms with Crippen LogP contribution in [-0.4, -0.2) is 56.2 Å². The van der Waals surface area contributed by atoms with E-state index >= 15 is 0 Å². The molecular weight excluding hydrogens is 370 g/mol. The van der Waals surface area contributed by atoms with Crippen molar-refractivity contribution < 1.29 is 27.8 Å². The molecule has 0 aliphatic carbocycles. The maximum Gasteiger partial charge on any atom is 0.322 e. The number of nitrogens with zero attached hydrogens (tertiary/aromatic N) is 1. The van der Waals surface area contributed by atoms with Gasteiger partial charge in [0, 0.05) is 24.1 Å². The van der Waals surface area contributed by atoms with Gasteiger partial charge in [-0.25, -0.2) is 8.42 Å². The smallest absolute Gasteiger partial charge is 0.322 e. The van der Waals surface area contributed by atoms with Crippen molar-refractivity contribution in [3.05, 3.63) is 23.2 Å². The second-order valence-corrected chi connectivity index (χ2v) is 8.54. The van der Waals surface area contributed by atoms with E-state index in [-0.39, 0.29) is 28.1 Å². The summed E-state index contributed by atoms with van der Waals surface area (Å²) in [6, 6.07) is 3.32. The normalized spacial score (nSPS) is 24.5. The van der Waals surface area contributed by atoms with Gasteiger partial charge >= 0.3 is 5.97 Å². The van der Waals surface area contributed by atoms with Crippen molar-refractivity contribution in [3.8, 4) is 5.75 Å². The number of ether oxygens (including phenoxy) is 2. The molecule has 2 aliphatic heterocycles. The molecule has 7 nitrogen and oxygen atoms in total. The Hall–Kier alpha value is -1.35. The SMILES string of the molecule is O=C(O)[C@@H]1CCCN1S(=O)(=O)c1cc(Cl)ccc1OCC1CCOC1. The molecule has 1 aromatic carbocycles. The summed E-state index contributed by atoms with van der Waals surface area (Å²) in [6.45, 7) is 1.77. The first-order valence-electron chi connectivity index (χ1n) is 8.14. The molecule has 1 N–H and O–H groups in total. The molecular formula is C16H20ClNO6S. The fourth-order valence-corrected chi connectivity index (χ4v) is 5.17. The number of carbonyl (C=O) groups is 1. The van der Waals surface area contributed by atoms with E-state index in [1.807, 2.05) is 0 Å². The average Bonchev–Trinajstić information content (AvgIpc) is 3.25. The monoisotopic (exact) mass is 389 g/mol. The highest BCUT2D eigenvalue weighted by molar-refractivity contribution is 7.89. The predicted molar refractivity (Wildman–Crippen MR) is 90.4 cm³/mol. The quantitative estimate of drug-likeness (QED) is 0.799. The van der Waals surface area contributed by atoms with Crippen LogP contribution in [0.2, 0.25) is 5.02 Å². The summed E-state index contributed by atoms with van der Waals surface area (Å²) in [5, 5.41) is 9.54. The van der Waals surface area contributed by atoms with Crippen LogP contribution in [0.1, 0.15) is 19.3 Å². The zero-order valence-electron chi connectivity index (χ0n) is 13.6. The van der Waals surface area contributed by atoms with Crippen LogP contribution in [0.15, 0.2) is 23.1 Å². The fourth-order valence-electron chi connectivity index (χ4n) is 3.13. The molecule has 2 atom stereocenters. The Morgan fingerprint density at radius 2 is 2.20 bits per heavy atom. The Morgan fingerprint density at radius 3 is 2.88 bits per heavy atom. The molecule has 2 fully saturated rings. The Morgan fingerprint density at radius 1 is 1.40 bits per heavy atom. The minimum Gasteiger partial charge on any atom is -0.492 e. The molecule has 1 aromatic rings. The highest BCUT2D eigenvalue weighted by atomic mass is 35.5. The van der Waals surface area contributed by atoms with Crippen molar-refractivity contribution in [2.24, 2.45) is 5.92 Å². The molecule has 0 saturated carbocycles. The summed E-state index contributed by atoms with van der Waals surface area (Å²) in [5.74, 6) is -0.745. The Kier molecular flexibility index (Phi) is 5.52. The molecule has 0 radical (unpaired) electrons. The number of halogens is 1. The van der Waals surface area contributed by atoms with E-state index in [0.29, 0.717) is 32.7 Å². The number of carboxylic acid groups (broad SMARTS) is 1. The number of hydrogen-bond donors (Lipinski definition) is 1. The van der Waals surface area contributed by atoms with Gasteiger partial charge in [-0.2, -0.15) is 4.31 Å². The zero-order valence-corrected chi connectivity index (χ0v) is 15.1. The van der Waals surface area contributed by atoms with Crippen LogP contribution >= 0.6 is 11.6 Å². The van der Waals surface area contributed by atoms with Crippen molar-refractivity contribution in [3.63, 3.8) is 0 Å². The van der Waals surface area contributed by atoms with E-state index in [4.69, 9.17) is 21.1 Å². The summed E-state index contributed by atoms with van der Waals surface area (Å²) in [4.78, 5) is 11.3. The van der Waals surface area contributed by atoms with E-state index in [1.165, 1.54) is 12.1 Å². The van der Waals surface area contributed by atoms with Gasteiger partial charge in [-0.3, -0.25) is 4.79 Å². The van der Waals surface area contributed by atoms with Gasteiger partial charge < -0.3 is 14.6 Å². The Labute approximate surface area is 151 Å². The lowest BCUT2D eigenvalue weighted by atomic mass is 10.1. The van der Waals surface area contributed by atoms with E-state index in [9.17, 15) is 18.3 Å². The molecule has 25 heavy (non-hydrogen) atoms. The molecule has 2 saturated heterocycles. The van der Waals surface area contributed by atoms with E-state index in [1.54, 1.807) is 6.07 Å². The Bertz CT molecular complexity index is 747. The van der Waals surface area contributed by atoms with Crippen LogP contribution in [0, 0.1) is 5.92 Å². The first kappa shape index (κ1) is 18.4. The molecule has 9 heteroatoms. The third-order valence-electron chi connectivity index (χ3n) is 4.48. The fraction of sp³-hybridized carbons (Fsp3) is 0.562. The molecule has 3 rings (SSSR count). The van der Waals surface area contributed by atoms with Crippen LogP contribution in [0.4, 0.5) is 0 Å². The van der Waals surface area contributed by atoms with Crippen molar-refractivity contribution in [2.75, 3.05) is 26.4 Å². The molecule has 2 heterocycles. The molecule has 0 spiro atoms. The zero-order chi connectivity index (χ0) is 18.0. The summed E-state index contributed by atoms with van der Waals surface area (Å²) in [6.07, 6.45) is 1.67. The predicted octanol–water partition coefficient (Wildman–Crippen LogP) is 1.99. The second-order valence-electron chi connectivity index (χ2n) is 6.24. The van der Waals surface area contributed by atoms with E-state index in [2.05, 4.69) is 0 Å². The number of sulfonamides is 1. The van der Waals surface area contributed by atoms with Gasteiger partial charge in [0.1, 0.15) is 16.7 Å². The maximum absolute atomic E-state index is 13.0. The number of aliphatic carboxylic acids is 1. The molecule has 0 bridgehead atoms. The highest BCUT2D eigenvalue weighted by Gasteiger charge is 2.40. The lowest BCUT2D eigenvalue weighted by molar-refractivity contribution is -0.140. The number of carboxylic acids is 1. The molecule has 0 amide bonds. The molecule has 2 aliphatic rings. The van der Waals surface area contributed by atoms with E-state index < -0.39 is 22.0 Å². The minimum atomic E-state index is -4.02. The standard InChI is InChI=1S/C16H20ClNO6S/c17-12-3-4-14(24-10-11-5-7-23-9-11)15(8-12)25(21,22)18-6-1-2-13(18)16(19)20/h3-4,8,11,13H,1-2,5-7,9-10H2,(H,19,20)/t11?,13-/m0/s1. The number of rotatable bonds is 6. The van der Waals surface area contributed by atoms with Gasteiger partial charge in [0.2, 0.25) is 10.0 Å². The van der Waals surface area contributed by atoms with Crippen molar-refractivity contribution in [2.45, 2.75) is 30.2 Å². The molecule has 138 valence electrons. The summed E-state index contributed by atoms with van der Waals surface area (Å²) < 4.78 is 38.1. The van der Waals surface area contributed by atoms with Gasteiger partial charge in [-0.1, -0.05) is 11.6 Å². The van der Waals surface area contributed by atoms with Crippen LogP contribution in [0.5, 0.6) is 5.75 Å². The Balaban J connectivity index is 1.88.